The fraction of sp³-hybridized carbons (Fsp3) is 0.417. The van der Waals surface area contributed by atoms with Gasteiger partial charge in [0.1, 0.15) is 0 Å². The summed E-state index contributed by atoms with van der Waals surface area (Å²) in [5.41, 5.74) is 7.80. The second-order valence-electron chi connectivity index (χ2n) is 3.62. The molecule has 0 saturated carbocycles. The molecule has 3 heteroatoms. The summed E-state index contributed by atoms with van der Waals surface area (Å²) in [6.07, 6.45) is 2.28. The number of nitrogens with one attached hydrogen (secondary N) is 1. The van der Waals surface area contributed by atoms with Crippen LogP contribution in [0.3, 0.4) is 0 Å². The Hall–Kier alpha value is -1.51. The zero-order valence-electron chi connectivity index (χ0n) is 9.34. The predicted molar refractivity (Wildman–Crippen MR) is 63.1 cm³/mol. The first-order valence-corrected chi connectivity index (χ1v) is 5.30. The molecule has 0 unspecified atom stereocenters. The van der Waals surface area contributed by atoms with E-state index in [2.05, 4.69) is 12.2 Å². The standard InChI is InChI=1S/C12H18N2O/c1-3-4-8-14-11-7-5-6-10(9(11)2)12(13)15/h5-7,14H,3-4,8H2,1-2H3,(H2,13,15). The summed E-state index contributed by atoms with van der Waals surface area (Å²) < 4.78 is 0. The van der Waals surface area contributed by atoms with E-state index in [1.165, 1.54) is 0 Å². The average Bonchev–Trinajstić information content (AvgIpc) is 2.20. The van der Waals surface area contributed by atoms with Crippen molar-refractivity contribution in [1.82, 2.24) is 0 Å². The number of hydrogen-bond donors (Lipinski definition) is 2. The Morgan fingerprint density at radius 2 is 2.20 bits per heavy atom. The van der Waals surface area contributed by atoms with Crippen molar-refractivity contribution < 1.29 is 4.79 Å². The summed E-state index contributed by atoms with van der Waals surface area (Å²) >= 11 is 0. The number of carbonyl (C=O) groups is 1. The highest BCUT2D eigenvalue weighted by atomic mass is 16.1. The normalized spacial score (nSPS) is 10.0. The zero-order chi connectivity index (χ0) is 11.3. The van der Waals surface area contributed by atoms with Gasteiger partial charge in [-0.05, 0) is 31.0 Å². The number of primary amides is 1. The van der Waals surface area contributed by atoms with E-state index in [4.69, 9.17) is 5.73 Å². The summed E-state index contributed by atoms with van der Waals surface area (Å²) in [5.74, 6) is -0.369. The monoisotopic (exact) mass is 206 g/mol. The second-order valence-corrected chi connectivity index (χ2v) is 3.62. The van der Waals surface area contributed by atoms with Crippen molar-refractivity contribution in [1.29, 1.82) is 0 Å². The van der Waals surface area contributed by atoms with Crippen LogP contribution in [-0.2, 0) is 0 Å². The SMILES string of the molecule is CCCCNc1cccc(C(N)=O)c1C. The van der Waals surface area contributed by atoms with Gasteiger partial charge in [0.15, 0.2) is 0 Å². The maximum atomic E-state index is 11.1. The molecule has 1 aromatic rings. The van der Waals surface area contributed by atoms with Crippen LogP contribution < -0.4 is 11.1 Å². The highest BCUT2D eigenvalue weighted by molar-refractivity contribution is 5.95. The summed E-state index contributed by atoms with van der Waals surface area (Å²) in [6, 6.07) is 5.57. The third-order valence-corrected chi connectivity index (χ3v) is 2.45. The number of unbranched alkanes of at least 4 members (excludes halogenated alkanes) is 1. The van der Waals surface area contributed by atoms with E-state index < -0.39 is 0 Å². The Morgan fingerprint density at radius 3 is 2.80 bits per heavy atom. The minimum atomic E-state index is -0.369. The molecule has 0 saturated heterocycles. The first-order valence-electron chi connectivity index (χ1n) is 5.30. The molecule has 0 fully saturated rings. The molecule has 0 bridgehead atoms. The summed E-state index contributed by atoms with van der Waals surface area (Å²) in [4.78, 5) is 11.1. The molecule has 1 aromatic carbocycles. The fourth-order valence-electron chi connectivity index (χ4n) is 1.49. The van der Waals surface area contributed by atoms with E-state index in [-0.39, 0.29) is 5.91 Å². The molecule has 0 aliphatic carbocycles. The molecule has 1 amide bonds. The van der Waals surface area contributed by atoms with Gasteiger partial charge in [-0.25, -0.2) is 0 Å². The molecule has 0 radical (unpaired) electrons. The van der Waals surface area contributed by atoms with E-state index in [1.54, 1.807) is 6.07 Å². The van der Waals surface area contributed by atoms with Gasteiger partial charge >= 0.3 is 0 Å². The van der Waals surface area contributed by atoms with Gasteiger partial charge in [-0.2, -0.15) is 0 Å². The lowest BCUT2D eigenvalue weighted by atomic mass is 10.1. The number of carbonyl (C=O) groups excluding carboxylic acids is 1. The highest BCUT2D eigenvalue weighted by Crippen LogP contribution is 2.18. The third-order valence-electron chi connectivity index (χ3n) is 2.45. The maximum absolute atomic E-state index is 11.1. The second kappa shape index (κ2) is 5.39. The minimum Gasteiger partial charge on any atom is -0.385 e. The Morgan fingerprint density at radius 1 is 1.47 bits per heavy atom. The van der Waals surface area contributed by atoms with Gasteiger partial charge in [0.2, 0.25) is 5.91 Å². The Balaban J connectivity index is 2.80. The van der Waals surface area contributed by atoms with Gasteiger partial charge in [-0.1, -0.05) is 19.4 Å². The van der Waals surface area contributed by atoms with Crippen LogP contribution in [0.4, 0.5) is 5.69 Å². The molecule has 0 heterocycles. The molecule has 1 rings (SSSR count). The van der Waals surface area contributed by atoms with Crippen LogP contribution in [0.5, 0.6) is 0 Å². The van der Waals surface area contributed by atoms with Crippen LogP contribution in [0, 0.1) is 6.92 Å². The smallest absolute Gasteiger partial charge is 0.249 e. The van der Waals surface area contributed by atoms with Crippen molar-refractivity contribution >= 4 is 11.6 Å². The topological polar surface area (TPSA) is 55.1 Å². The lowest BCUT2D eigenvalue weighted by Gasteiger charge is -2.11. The maximum Gasteiger partial charge on any atom is 0.249 e. The number of nitrogens with two attached hydrogens (primary N) is 1. The van der Waals surface area contributed by atoms with Crippen molar-refractivity contribution in [3.8, 4) is 0 Å². The van der Waals surface area contributed by atoms with Gasteiger partial charge in [0, 0.05) is 17.8 Å². The van der Waals surface area contributed by atoms with Crippen LogP contribution in [-0.4, -0.2) is 12.5 Å². The van der Waals surface area contributed by atoms with E-state index in [1.807, 2.05) is 19.1 Å². The minimum absolute atomic E-state index is 0.369. The summed E-state index contributed by atoms with van der Waals surface area (Å²) in [6.45, 7) is 4.99. The van der Waals surface area contributed by atoms with Gasteiger partial charge in [-0.3, -0.25) is 4.79 Å². The molecular weight excluding hydrogens is 188 g/mol. The number of anilines is 1. The van der Waals surface area contributed by atoms with Crippen molar-refractivity contribution in [2.24, 2.45) is 5.73 Å². The molecule has 15 heavy (non-hydrogen) atoms. The lowest BCUT2D eigenvalue weighted by molar-refractivity contribution is 0.1000. The van der Waals surface area contributed by atoms with E-state index in [9.17, 15) is 4.79 Å². The Labute approximate surface area is 90.7 Å². The van der Waals surface area contributed by atoms with E-state index in [0.717, 1.165) is 30.6 Å². The van der Waals surface area contributed by atoms with Gasteiger partial charge in [-0.15, -0.1) is 0 Å². The first kappa shape index (κ1) is 11.6. The van der Waals surface area contributed by atoms with Crippen molar-refractivity contribution in [2.45, 2.75) is 26.7 Å². The molecule has 0 aliphatic heterocycles. The van der Waals surface area contributed by atoms with Crippen LogP contribution >= 0.6 is 0 Å². The zero-order valence-corrected chi connectivity index (χ0v) is 9.34. The quantitative estimate of drug-likeness (QED) is 0.726. The summed E-state index contributed by atoms with van der Waals surface area (Å²) in [5, 5.41) is 3.30. The lowest BCUT2D eigenvalue weighted by Crippen LogP contribution is -2.14. The largest absolute Gasteiger partial charge is 0.385 e. The van der Waals surface area contributed by atoms with Gasteiger partial charge in [0.25, 0.3) is 0 Å². The molecule has 0 aromatic heterocycles. The fourth-order valence-corrected chi connectivity index (χ4v) is 1.49. The van der Waals surface area contributed by atoms with E-state index >= 15 is 0 Å². The van der Waals surface area contributed by atoms with Gasteiger partial charge in [0.05, 0.1) is 0 Å². The Kier molecular flexibility index (Phi) is 4.16. The molecule has 3 N–H and O–H groups in total. The van der Waals surface area contributed by atoms with Crippen LogP contribution in [0.25, 0.3) is 0 Å². The van der Waals surface area contributed by atoms with Crippen LogP contribution in [0.2, 0.25) is 0 Å². The molecule has 0 aliphatic rings. The van der Waals surface area contributed by atoms with Crippen molar-refractivity contribution in [3.05, 3.63) is 29.3 Å². The first-order chi connectivity index (χ1) is 7.16. The molecule has 3 nitrogen and oxygen atoms in total. The van der Waals surface area contributed by atoms with Crippen molar-refractivity contribution in [2.75, 3.05) is 11.9 Å². The number of rotatable bonds is 5. The molecular formula is C12H18N2O. The number of benzene rings is 1. The van der Waals surface area contributed by atoms with Crippen LogP contribution in [0.15, 0.2) is 18.2 Å². The highest BCUT2D eigenvalue weighted by Gasteiger charge is 2.07. The van der Waals surface area contributed by atoms with Crippen molar-refractivity contribution in [3.63, 3.8) is 0 Å². The third kappa shape index (κ3) is 2.98. The molecule has 82 valence electrons. The molecule has 0 spiro atoms. The summed E-state index contributed by atoms with van der Waals surface area (Å²) in [7, 11) is 0. The predicted octanol–water partition coefficient (Wildman–Crippen LogP) is 2.31. The van der Waals surface area contributed by atoms with E-state index in [0.29, 0.717) is 5.56 Å². The molecule has 0 atom stereocenters. The number of amides is 1. The van der Waals surface area contributed by atoms with Crippen LogP contribution in [0.1, 0.15) is 35.7 Å². The van der Waals surface area contributed by atoms with Gasteiger partial charge < -0.3 is 11.1 Å². The Bertz CT molecular complexity index is 347. The average molecular weight is 206 g/mol. The number of hydrogen-bond acceptors (Lipinski definition) is 2.